The molecule has 1 saturated heterocycles. The van der Waals surface area contributed by atoms with Crippen molar-refractivity contribution in [3.63, 3.8) is 0 Å². The van der Waals surface area contributed by atoms with E-state index in [1.165, 1.54) is 0 Å². The third kappa shape index (κ3) is 4.51. The van der Waals surface area contributed by atoms with Crippen LogP contribution in [0.15, 0.2) is 30.3 Å². The monoisotopic (exact) mass is 295 g/mol. The number of nitrogens with zero attached hydrogens (tertiary/aromatic N) is 1. The van der Waals surface area contributed by atoms with Crippen molar-refractivity contribution in [2.24, 2.45) is 5.92 Å². The van der Waals surface area contributed by atoms with Crippen molar-refractivity contribution >= 4 is 17.3 Å². The van der Waals surface area contributed by atoms with Crippen molar-refractivity contribution < 1.29 is 13.8 Å². The highest BCUT2D eigenvalue weighted by atomic mass is 32.2. The molecule has 0 aromatic heterocycles. The quantitative estimate of drug-likeness (QED) is 0.606. The third-order valence-corrected chi connectivity index (χ3v) is 3.94. The first-order valence-corrected chi connectivity index (χ1v) is 7.73. The molecule has 0 bridgehead atoms. The van der Waals surface area contributed by atoms with Gasteiger partial charge in [0.25, 0.3) is 0 Å². The Morgan fingerprint density at radius 2 is 2.15 bits per heavy atom. The Balaban J connectivity index is 1.70. The molecule has 1 aliphatic rings. The molecular formula is C15H21NO3S. The lowest BCUT2D eigenvalue weighted by atomic mass is 10.0. The second kappa shape index (κ2) is 7.67. The van der Waals surface area contributed by atoms with Crippen LogP contribution in [0, 0.1) is 5.92 Å². The van der Waals surface area contributed by atoms with Gasteiger partial charge in [0.1, 0.15) is 18.6 Å². The van der Waals surface area contributed by atoms with Crippen LogP contribution < -0.4 is 0 Å². The van der Waals surface area contributed by atoms with Crippen LogP contribution >= 0.6 is 12.0 Å². The Kier molecular flexibility index (Phi) is 5.88. The molecule has 0 spiro atoms. The largest absolute Gasteiger partial charge is 0.451 e. The summed E-state index contributed by atoms with van der Waals surface area (Å²) < 4.78 is 10.7. The van der Waals surface area contributed by atoms with Gasteiger partial charge in [-0.3, -0.25) is 0 Å². The lowest BCUT2D eigenvalue weighted by Crippen LogP contribution is -2.32. The Morgan fingerprint density at radius 3 is 2.85 bits per heavy atom. The van der Waals surface area contributed by atoms with Gasteiger partial charge < -0.3 is 4.74 Å². The number of hydroxylamine groups is 2. The van der Waals surface area contributed by atoms with Crippen LogP contribution in [0.25, 0.3) is 0 Å². The van der Waals surface area contributed by atoms with Crippen molar-refractivity contribution in [3.8, 4) is 0 Å². The predicted molar refractivity (Wildman–Crippen MR) is 79.9 cm³/mol. The molecule has 0 saturated carbocycles. The fraction of sp³-hybridized carbons (Fsp3) is 0.533. The molecule has 1 unspecified atom stereocenters. The summed E-state index contributed by atoms with van der Waals surface area (Å²) in [6.07, 6.45) is 2.24. The number of carbonyl (C=O) groups is 1. The van der Waals surface area contributed by atoms with Crippen molar-refractivity contribution in [1.82, 2.24) is 5.06 Å². The number of benzene rings is 1. The molecule has 110 valence electrons. The van der Waals surface area contributed by atoms with Gasteiger partial charge >= 0.3 is 5.30 Å². The molecule has 1 aromatic rings. The van der Waals surface area contributed by atoms with Gasteiger partial charge in [-0.2, -0.15) is 5.06 Å². The first-order valence-electron chi connectivity index (χ1n) is 6.99. The average Bonchev–Trinajstić information content (AvgIpc) is 2.92. The van der Waals surface area contributed by atoms with Crippen molar-refractivity contribution in [2.45, 2.75) is 39.3 Å². The summed E-state index contributed by atoms with van der Waals surface area (Å²) in [5.74, 6) is 0.526. The molecule has 1 aromatic carbocycles. The first kappa shape index (κ1) is 15.4. The van der Waals surface area contributed by atoms with E-state index in [9.17, 15) is 4.79 Å². The third-order valence-electron chi connectivity index (χ3n) is 3.42. The minimum absolute atomic E-state index is 0.281. The summed E-state index contributed by atoms with van der Waals surface area (Å²) in [5.41, 5.74) is 0.975. The zero-order valence-corrected chi connectivity index (χ0v) is 12.8. The lowest BCUT2D eigenvalue weighted by Gasteiger charge is -2.24. The lowest BCUT2D eigenvalue weighted by molar-refractivity contribution is -0.0634. The summed E-state index contributed by atoms with van der Waals surface area (Å²) in [6.45, 7) is 5.50. The first-order chi connectivity index (χ1) is 9.66. The molecule has 5 heteroatoms. The summed E-state index contributed by atoms with van der Waals surface area (Å²) in [7, 11) is 0. The van der Waals surface area contributed by atoms with Gasteiger partial charge in [-0.05, 0) is 24.3 Å². The topological polar surface area (TPSA) is 38.8 Å². The number of hydrogen-bond donors (Lipinski definition) is 0. The van der Waals surface area contributed by atoms with Crippen LogP contribution in [-0.4, -0.2) is 23.0 Å². The summed E-state index contributed by atoms with van der Waals surface area (Å²) in [4.78, 5) is 11.6. The van der Waals surface area contributed by atoms with Gasteiger partial charge in [-0.25, -0.2) is 9.08 Å². The van der Waals surface area contributed by atoms with Gasteiger partial charge in [0.05, 0.1) is 0 Å². The predicted octanol–water partition coefficient (Wildman–Crippen LogP) is 4.02. The number of rotatable bonds is 5. The van der Waals surface area contributed by atoms with E-state index in [4.69, 9.17) is 9.02 Å². The van der Waals surface area contributed by atoms with Crippen molar-refractivity contribution in [2.75, 3.05) is 6.54 Å². The molecule has 2 rings (SSSR count). The van der Waals surface area contributed by atoms with E-state index in [1.54, 1.807) is 0 Å². The van der Waals surface area contributed by atoms with E-state index in [-0.39, 0.29) is 6.61 Å². The van der Waals surface area contributed by atoms with Crippen molar-refractivity contribution in [3.05, 3.63) is 35.9 Å². The standard InChI is InChI=1S/C15H21NO3S/c1-12(2)14-9-6-10-16(14)19-20-15(17)18-11-13-7-4-3-5-8-13/h3-5,7-8,12,14H,6,9-11H2,1-2H3. The highest BCUT2D eigenvalue weighted by Crippen LogP contribution is 2.27. The zero-order valence-electron chi connectivity index (χ0n) is 12.0. The highest BCUT2D eigenvalue weighted by Gasteiger charge is 2.29. The number of carbonyl (C=O) groups excluding carboxylic acids is 1. The van der Waals surface area contributed by atoms with Gasteiger partial charge in [-0.15, -0.1) is 0 Å². The smallest absolute Gasteiger partial charge is 0.396 e. The van der Waals surface area contributed by atoms with Crippen LogP contribution in [0.4, 0.5) is 4.79 Å². The maximum absolute atomic E-state index is 11.6. The highest BCUT2D eigenvalue weighted by molar-refractivity contribution is 8.09. The Bertz CT molecular complexity index is 424. The molecule has 1 fully saturated rings. The van der Waals surface area contributed by atoms with Crippen LogP contribution in [-0.2, 0) is 15.6 Å². The van der Waals surface area contributed by atoms with Crippen molar-refractivity contribution in [1.29, 1.82) is 0 Å². The average molecular weight is 295 g/mol. The maximum atomic E-state index is 11.6. The van der Waals surface area contributed by atoms with E-state index in [0.717, 1.165) is 37.0 Å². The van der Waals surface area contributed by atoms with E-state index < -0.39 is 5.30 Å². The van der Waals surface area contributed by atoms with E-state index in [2.05, 4.69) is 13.8 Å². The minimum Gasteiger partial charge on any atom is -0.451 e. The molecule has 1 aliphatic heterocycles. The second-order valence-electron chi connectivity index (χ2n) is 5.28. The molecular weight excluding hydrogens is 274 g/mol. The number of hydrogen-bond acceptors (Lipinski definition) is 5. The Labute approximate surface area is 124 Å². The molecule has 1 atom stereocenters. The summed E-state index contributed by atoms with van der Waals surface area (Å²) >= 11 is 0.779. The molecule has 0 N–H and O–H groups in total. The molecule has 4 nitrogen and oxygen atoms in total. The Hall–Kier alpha value is -1.04. The molecule has 1 heterocycles. The second-order valence-corrected chi connectivity index (χ2v) is 5.93. The normalized spacial score (nSPS) is 19.4. The van der Waals surface area contributed by atoms with Gasteiger partial charge in [-0.1, -0.05) is 44.2 Å². The van der Waals surface area contributed by atoms with Crippen LogP contribution in [0.2, 0.25) is 0 Å². The van der Waals surface area contributed by atoms with Crippen LogP contribution in [0.1, 0.15) is 32.3 Å². The van der Waals surface area contributed by atoms with E-state index in [1.807, 2.05) is 35.4 Å². The Morgan fingerprint density at radius 1 is 1.40 bits per heavy atom. The zero-order chi connectivity index (χ0) is 14.4. The van der Waals surface area contributed by atoms with E-state index >= 15 is 0 Å². The van der Waals surface area contributed by atoms with E-state index in [0.29, 0.717) is 12.0 Å². The fourth-order valence-corrected chi connectivity index (χ4v) is 2.79. The van der Waals surface area contributed by atoms with Gasteiger partial charge in [0, 0.05) is 12.6 Å². The molecule has 0 radical (unpaired) electrons. The van der Waals surface area contributed by atoms with Crippen LogP contribution in [0.5, 0.6) is 0 Å². The minimum atomic E-state index is -0.400. The van der Waals surface area contributed by atoms with Gasteiger partial charge in [0.2, 0.25) is 0 Å². The summed E-state index contributed by atoms with van der Waals surface area (Å²) in [6, 6.07) is 10.0. The maximum Gasteiger partial charge on any atom is 0.396 e. The molecule has 20 heavy (non-hydrogen) atoms. The molecule has 0 amide bonds. The fourth-order valence-electron chi connectivity index (χ4n) is 2.34. The van der Waals surface area contributed by atoms with Gasteiger partial charge in [0.15, 0.2) is 0 Å². The summed E-state index contributed by atoms with van der Waals surface area (Å²) in [5, 5.41) is 1.50. The van der Waals surface area contributed by atoms with Crippen LogP contribution in [0.3, 0.4) is 0 Å². The SMILES string of the molecule is CC(C)C1CCCN1OSC(=O)OCc1ccccc1. The number of ether oxygens (including phenoxy) is 1. The molecule has 0 aliphatic carbocycles.